The van der Waals surface area contributed by atoms with E-state index in [0.717, 1.165) is 12.1 Å². The number of carbonyl (C=O) groups is 1. The van der Waals surface area contributed by atoms with Gasteiger partial charge in [-0.25, -0.2) is 4.98 Å². The predicted molar refractivity (Wildman–Crippen MR) is 73.0 cm³/mol. The Morgan fingerprint density at radius 2 is 2.17 bits per heavy atom. The molecule has 0 saturated heterocycles. The summed E-state index contributed by atoms with van der Waals surface area (Å²) in [6.45, 7) is 2.07. The van der Waals surface area contributed by atoms with E-state index in [1.165, 1.54) is 11.8 Å². The van der Waals surface area contributed by atoms with Crippen molar-refractivity contribution in [2.24, 2.45) is 0 Å². The lowest BCUT2D eigenvalue weighted by molar-refractivity contribution is 0.102. The first-order valence-corrected chi connectivity index (χ1v) is 6.08. The molecule has 0 spiro atoms. The molecule has 4 heteroatoms. The number of amides is 1. The van der Waals surface area contributed by atoms with Gasteiger partial charge in [-0.1, -0.05) is 30.7 Å². The van der Waals surface area contributed by atoms with Crippen molar-refractivity contribution in [3.63, 3.8) is 0 Å². The third-order valence-corrected chi connectivity index (χ3v) is 2.81. The Balaban J connectivity index is 2.13. The van der Waals surface area contributed by atoms with E-state index in [-0.39, 0.29) is 5.91 Å². The summed E-state index contributed by atoms with van der Waals surface area (Å²) < 4.78 is 0. The van der Waals surface area contributed by atoms with Gasteiger partial charge < -0.3 is 5.32 Å². The minimum absolute atomic E-state index is 0.188. The second kappa shape index (κ2) is 5.65. The minimum atomic E-state index is -0.188. The van der Waals surface area contributed by atoms with Gasteiger partial charge in [0.2, 0.25) is 0 Å². The van der Waals surface area contributed by atoms with Crippen LogP contribution in [0, 0.1) is 0 Å². The van der Waals surface area contributed by atoms with E-state index in [0.29, 0.717) is 10.7 Å². The van der Waals surface area contributed by atoms with E-state index < -0.39 is 0 Å². The topological polar surface area (TPSA) is 42.0 Å². The summed E-state index contributed by atoms with van der Waals surface area (Å²) in [7, 11) is 0. The lowest BCUT2D eigenvalue weighted by Gasteiger charge is -2.06. The SMILES string of the molecule is CCc1cccc(NC(=O)c2ccc(Cl)nc2)c1. The molecule has 1 aromatic carbocycles. The minimum Gasteiger partial charge on any atom is -0.322 e. The van der Waals surface area contributed by atoms with E-state index in [1.807, 2.05) is 24.3 Å². The molecule has 1 amide bonds. The van der Waals surface area contributed by atoms with Gasteiger partial charge in [-0.3, -0.25) is 4.79 Å². The quantitative estimate of drug-likeness (QED) is 0.858. The maximum absolute atomic E-state index is 11.9. The van der Waals surface area contributed by atoms with Crippen molar-refractivity contribution in [2.45, 2.75) is 13.3 Å². The molecule has 0 unspecified atom stereocenters. The number of nitrogens with zero attached hydrogens (tertiary/aromatic N) is 1. The summed E-state index contributed by atoms with van der Waals surface area (Å²) >= 11 is 5.67. The van der Waals surface area contributed by atoms with Crippen molar-refractivity contribution in [1.82, 2.24) is 4.98 Å². The van der Waals surface area contributed by atoms with Gasteiger partial charge >= 0.3 is 0 Å². The van der Waals surface area contributed by atoms with Gasteiger partial charge in [-0.2, -0.15) is 0 Å². The molecule has 1 N–H and O–H groups in total. The number of nitrogens with one attached hydrogen (secondary N) is 1. The highest BCUT2D eigenvalue weighted by Crippen LogP contribution is 2.13. The van der Waals surface area contributed by atoms with Crippen LogP contribution in [0.1, 0.15) is 22.8 Å². The van der Waals surface area contributed by atoms with Gasteiger partial charge in [0.1, 0.15) is 5.15 Å². The van der Waals surface area contributed by atoms with Gasteiger partial charge in [-0.15, -0.1) is 0 Å². The molecule has 2 aromatic rings. The van der Waals surface area contributed by atoms with Crippen LogP contribution in [-0.2, 0) is 6.42 Å². The van der Waals surface area contributed by atoms with E-state index in [4.69, 9.17) is 11.6 Å². The standard InChI is InChI=1S/C14H13ClN2O/c1-2-10-4-3-5-12(8-10)17-14(18)11-6-7-13(15)16-9-11/h3-9H,2H2,1H3,(H,17,18). The molecule has 0 radical (unpaired) electrons. The Labute approximate surface area is 111 Å². The predicted octanol–water partition coefficient (Wildman–Crippen LogP) is 3.55. The number of carbonyl (C=O) groups excluding carboxylic acids is 1. The van der Waals surface area contributed by atoms with Crippen LogP contribution in [-0.4, -0.2) is 10.9 Å². The van der Waals surface area contributed by atoms with Crippen LogP contribution >= 0.6 is 11.6 Å². The van der Waals surface area contributed by atoms with Crippen LogP contribution in [0.4, 0.5) is 5.69 Å². The number of benzene rings is 1. The Morgan fingerprint density at radius 1 is 1.33 bits per heavy atom. The lowest BCUT2D eigenvalue weighted by Crippen LogP contribution is -2.12. The van der Waals surface area contributed by atoms with Crippen molar-refractivity contribution >= 4 is 23.2 Å². The van der Waals surface area contributed by atoms with Crippen molar-refractivity contribution < 1.29 is 4.79 Å². The molecule has 0 saturated carbocycles. The average molecular weight is 261 g/mol. The molecular weight excluding hydrogens is 248 g/mol. The van der Waals surface area contributed by atoms with Crippen LogP contribution in [0.25, 0.3) is 0 Å². The first-order chi connectivity index (χ1) is 8.69. The molecule has 92 valence electrons. The molecule has 0 fully saturated rings. The molecule has 1 aromatic heterocycles. The summed E-state index contributed by atoms with van der Waals surface area (Å²) in [4.78, 5) is 15.8. The lowest BCUT2D eigenvalue weighted by atomic mass is 10.1. The molecule has 3 nitrogen and oxygen atoms in total. The summed E-state index contributed by atoms with van der Waals surface area (Å²) in [6, 6.07) is 11.0. The first-order valence-electron chi connectivity index (χ1n) is 5.71. The van der Waals surface area contributed by atoms with Crippen LogP contribution in [0.3, 0.4) is 0 Å². The number of aryl methyl sites for hydroxylation is 1. The van der Waals surface area contributed by atoms with Gasteiger partial charge in [0.25, 0.3) is 5.91 Å². The highest BCUT2D eigenvalue weighted by atomic mass is 35.5. The molecule has 0 aliphatic rings. The van der Waals surface area contributed by atoms with Gasteiger partial charge in [-0.05, 0) is 36.2 Å². The monoisotopic (exact) mass is 260 g/mol. The smallest absolute Gasteiger partial charge is 0.257 e. The van der Waals surface area contributed by atoms with Crippen LogP contribution in [0.5, 0.6) is 0 Å². The van der Waals surface area contributed by atoms with E-state index >= 15 is 0 Å². The third kappa shape index (κ3) is 3.08. The fraction of sp³-hybridized carbons (Fsp3) is 0.143. The van der Waals surface area contributed by atoms with Crippen LogP contribution in [0.15, 0.2) is 42.6 Å². The normalized spacial score (nSPS) is 10.1. The molecule has 0 atom stereocenters. The zero-order valence-electron chi connectivity index (χ0n) is 9.98. The van der Waals surface area contributed by atoms with Gasteiger partial charge in [0.05, 0.1) is 5.56 Å². The highest BCUT2D eigenvalue weighted by Gasteiger charge is 2.06. The van der Waals surface area contributed by atoms with Crippen molar-refractivity contribution in [3.05, 3.63) is 58.9 Å². The number of anilines is 1. The molecule has 18 heavy (non-hydrogen) atoms. The fourth-order valence-corrected chi connectivity index (χ4v) is 1.69. The highest BCUT2D eigenvalue weighted by molar-refractivity contribution is 6.29. The summed E-state index contributed by atoms with van der Waals surface area (Å²) in [6.07, 6.45) is 2.40. The Hall–Kier alpha value is -1.87. The fourth-order valence-electron chi connectivity index (χ4n) is 1.58. The average Bonchev–Trinajstić information content (AvgIpc) is 2.39. The first kappa shape index (κ1) is 12.6. The third-order valence-electron chi connectivity index (χ3n) is 2.58. The maximum Gasteiger partial charge on any atom is 0.257 e. The number of pyridine rings is 1. The molecule has 0 aliphatic heterocycles. The Bertz CT molecular complexity index is 552. The number of hydrogen-bond donors (Lipinski definition) is 1. The number of aromatic nitrogens is 1. The molecule has 1 heterocycles. The molecule has 0 bridgehead atoms. The Morgan fingerprint density at radius 3 is 2.83 bits per heavy atom. The van der Waals surface area contributed by atoms with E-state index in [2.05, 4.69) is 17.2 Å². The summed E-state index contributed by atoms with van der Waals surface area (Å²) in [5, 5.41) is 3.20. The Kier molecular flexibility index (Phi) is 3.95. The zero-order chi connectivity index (χ0) is 13.0. The molecular formula is C14H13ClN2O. The molecule has 2 rings (SSSR count). The van der Waals surface area contributed by atoms with E-state index in [9.17, 15) is 4.79 Å². The second-order valence-corrected chi connectivity index (χ2v) is 4.26. The second-order valence-electron chi connectivity index (χ2n) is 3.88. The zero-order valence-corrected chi connectivity index (χ0v) is 10.7. The van der Waals surface area contributed by atoms with Crippen molar-refractivity contribution in [3.8, 4) is 0 Å². The number of halogens is 1. The van der Waals surface area contributed by atoms with Crippen LogP contribution in [0.2, 0.25) is 5.15 Å². The van der Waals surface area contributed by atoms with E-state index in [1.54, 1.807) is 12.1 Å². The van der Waals surface area contributed by atoms with Crippen molar-refractivity contribution in [2.75, 3.05) is 5.32 Å². The summed E-state index contributed by atoms with van der Waals surface area (Å²) in [5.74, 6) is -0.188. The van der Waals surface area contributed by atoms with Crippen LogP contribution < -0.4 is 5.32 Å². The van der Waals surface area contributed by atoms with Gasteiger partial charge in [0.15, 0.2) is 0 Å². The summed E-state index contributed by atoms with van der Waals surface area (Å²) in [5.41, 5.74) is 2.46. The number of rotatable bonds is 3. The maximum atomic E-state index is 11.9. The molecule has 0 aliphatic carbocycles. The van der Waals surface area contributed by atoms with Crippen molar-refractivity contribution in [1.29, 1.82) is 0 Å². The largest absolute Gasteiger partial charge is 0.322 e. The van der Waals surface area contributed by atoms with Gasteiger partial charge in [0, 0.05) is 11.9 Å². The number of hydrogen-bond acceptors (Lipinski definition) is 2.